The van der Waals surface area contributed by atoms with Crippen molar-refractivity contribution >= 4 is 6.15 Å². The van der Waals surface area contributed by atoms with Crippen LogP contribution in [0, 0.1) is 0 Å². The van der Waals surface area contributed by atoms with Gasteiger partial charge in [0.1, 0.15) is 6.15 Å². The molecule has 4 atom stereocenters. The Morgan fingerprint density at radius 1 is 0.615 bits per heavy atom. The summed E-state index contributed by atoms with van der Waals surface area (Å²) in [6, 6.07) is -3.67. The fraction of sp³-hybridized carbons (Fsp3) is 1.00. The molecule has 0 saturated heterocycles. The maximum Gasteiger partial charge on any atom is 0.122 e. The molecule has 0 aromatic heterocycles. The van der Waals surface area contributed by atoms with E-state index in [0.717, 1.165) is 0 Å². The van der Waals surface area contributed by atoms with E-state index >= 15 is 0 Å². The zero-order valence-corrected chi connectivity index (χ0v) is 8.68. The lowest BCUT2D eigenvalue weighted by Crippen LogP contribution is -2.70. The molecule has 0 bridgehead atoms. The Hall–Kier alpha value is -0.0951. The van der Waals surface area contributed by atoms with Gasteiger partial charge in [0.2, 0.25) is 0 Å². The minimum Gasteiger partial charge on any atom is -0.431 e. The Balaban J connectivity index is 5.06. The fourth-order valence-electron chi connectivity index (χ4n) is 2.42. The van der Waals surface area contributed by atoms with Gasteiger partial charge < -0.3 is 20.4 Å². The molecule has 0 aromatic rings. The van der Waals surface area contributed by atoms with Crippen LogP contribution in [0.1, 0.15) is 27.7 Å². The Bertz CT molecular complexity index is 119. The van der Waals surface area contributed by atoms with Gasteiger partial charge >= 0.3 is 0 Å². The van der Waals surface area contributed by atoms with Gasteiger partial charge in [0.25, 0.3) is 0 Å². The van der Waals surface area contributed by atoms with Crippen LogP contribution in [0.25, 0.3) is 0 Å². The number of aliphatic hydroxyl groups is 4. The van der Waals surface area contributed by atoms with Crippen molar-refractivity contribution in [3.63, 3.8) is 0 Å². The third-order valence-corrected chi connectivity index (χ3v) is 3.34. The highest BCUT2D eigenvalue weighted by Crippen LogP contribution is 2.22. The first-order valence-electron chi connectivity index (χ1n) is 4.68. The summed E-state index contributed by atoms with van der Waals surface area (Å²) < 4.78 is 0. The topological polar surface area (TPSA) is 80.9 Å². The summed E-state index contributed by atoms with van der Waals surface area (Å²) in [5.74, 6) is 0. The second-order valence-corrected chi connectivity index (χ2v) is 4.12. The zero-order valence-electron chi connectivity index (χ0n) is 8.68. The van der Waals surface area contributed by atoms with Crippen LogP contribution >= 0.6 is 0 Å². The molecule has 0 heterocycles. The van der Waals surface area contributed by atoms with Gasteiger partial charge in [-0.2, -0.15) is 0 Å². The molecule has 80 valence electrons. The molecule has 4 N–H and O–H groups in total. The van der Waals surface area contributed by atoms with Crippen LogP contribution in [-0.4, -0.2) is 50.6 Å². The Kier molecular flexibility index (Phi) is 4.38. The van der Waals surface area contributed by atoms with Crippen LogP contribution in [0.3, 0.4) is 0 Å². The molecule has 0 aliphatic rings. The minimum atomic E-state index is -2.00. The van der Waals surface area contributed by atoms with E-state index in [4.69, 9.17) is 0 Å². The smallest absolute Gasteiger partial charge is 0.122 e. The van der Waals surface area contributed by atoms with Gasteiger partial charge in [0.05, 0.1) is 0 Å². The van der Waals surface area contributed by atoms with Crippen molar-refractivity contribution in [1.82, 2.24) is 0 Å². The maximum absolute atomic E-state index is 9.52. The van der Waals surface area contributed by atoms with E-state index in [-0.39, 0.29) is 0 Å². The van der Waals surface area contributed by atoms with E-state index in [1.807, 2.05) is 0 Å². The molecule has 0 spiro atoms. The monoisotopic (exact) mass is 191 g/mol. The second kappa shape index (κ2) is 4.42. The molecular weight excluding hydrogens is 171 g/mol. The number of rotatable bonds is 4. The molecule has 0 aliphatic heterocycles. The number of hydrogen-bond acceptors (Lipinski definition) is 4. The quantitative estimate of drug-likeness (QED) is 0.435. The summed E-state index contributed by atoms with van der Waals surface area (Å²) in [7, 11) is 0. The normalized spacial score (nSPS) is 25.8. The molecule has 0 aromatic carbocycles. The first kappa shape index (κ1) is 12.9. The molecule has 0 fully saturated rings. The first-order valence-corrected chi connectivity index (χ1v) is 4.68. The number of aliphatic hydroxyl groups excluding tert-OH is 4. The van der Waals surface area contributed by atoms with E-state index in [2.05, 4.69) is 0 Å². The summed E-state index contributed by atoms with van der Waals surface area (Å²) >= 11 is 0. The van der Waals surface area contributed by atoms with Crippen LogP contribution in [0.4, 0.5) is 0 Å². The lowest BCUT2D eigenvalue weighted by atomic mass is 9.14. The highest BCUT2D eigenvalue weighted by atomic mass is 16.3. The molecular formula is C8H20BO4-. The highest BCUT2D eigenvalue weighted by molar-refractivity contribution is 6.84. The van der Waals surface area contributed by atoms with E-state index in [1.165, 1.54) is 27.7 Å². The highest BCUT2D eigenvalue weighted by Gasteiger charge is 2.43. The van der Waals surface area contributed by atoms with Gasteiger partial charge in [-0.1, -0.05) is 51.7 Å². The molecule has 0 saturated carbocycles. The van der Waals surface area contributed by atoms with Crippen LogP contribution in [0.2, 0.25) is 0 Å². The van der Waals surface area contributed by atoms with Crippen molar-refractivity contribution < 1.29 is 20.4 Å². The Labute approximate surface area is 79.1 Å². The Morgan fingerprint density at radius 2 is 0.769 bits per heavy atom. The zero-order chi connectivity index (χ0) is 10.8. The third-order valence-electron chi connectivity index (χ3n) is 3.34. The van der Waals surface area contributed by atoms with Gasteiger partial charge in [-0.05, 0) is 0 Å². The number of hydrogen-bond donors (Lipinski definition) is 4. The molecule has 13 heavy (non-hydrogen) atoms. The van der Waals surface area contributed by atoms with Crippen molar-refractivity contribution in [2.24, 2.45) is 0 Å². The predicted octanol–water partition coefficient (Wildman–Crippen LogP) is -0.885. The molecule has 0 radical (unpaired) electrons. The molecule has 0 rings (SSSR count). The fourth-order valence-corrected chi connectivity index (χ4v) is 2.42. The molecule has 5 heteroatoms. The SMILES string of the molecule is CC(O)[B-](C(C)O)(C(C)O)C(C)O. The molecule has 0 amide bonds. The van der Waals surface area contributed by atoms with Crippen molar-refractivity contribution in [1.29, 1.82) is 0 Å². The Morgan fingerprint density at radius 3 is 0.769 bits per heavy atom. The standard InChI is InChI=1S/C8H20BO4/c1-5(10)9(6(2)11,7(3)12)8(4)13/h5-8,10-13H,1-4H3/q-1. The molecule has 4 nitrogen and oxygen atoms in total. The van der Waals surface area contributed by atoms with Gasteiger partial charge in [0, 0.05) is 0 Å². The summed E-state index contributed by atoms with van der Waals surface area (Å²) in [4.78, 5) is 0. The van der Waals surface area contributed by atoms with Gasteiger partial charge in [-0.15, -0.1) is 0 Å². The van der Waals surface area contributed by atoms with E-state index in [0.29, 0.717) is 0 Å². The lowest BCUT2D eigenvalue weighted by molar-refractivity contribution is 0.140. The second-order valence-electron chi connectivity index (χ2n) is 4.12. The largest absolute Gasteiger partial charge is 0.431 e. The average molecular weight is 191 g/mol. The summed E-state index contributed by atoms with van der Waals surface area (Å²) in [6.07, 6.45) is -2.00. The minimum absolute atomic E-state index is 0.917. The van der Waals surface area contributed by atoms with E-state index < -0.39 is 30.2 Å². The molecule has 0 aliphatic carbocycles. The lowest BCUT2D eigenvalue weighted by Gasteiger charge is -2.49. The average Bonchev–Trinajstić information content (AvgIpc) is 1.82. The summed E-state index contributed by atoms with van der Waals surface area (Å²) in [5, 5.41) is 38.1. The van der Waals surface area contributed by atoms with Crippen molar-refractivity contribution in [3.05, 3.63) is 0 Å². The van der Waals surface area contributed by atoms with Crippen molar-refractivity contribution in [3.8, 4) is 0 Å². The van der Waals surface area contributed by atoms with Gasteiger partial charge in [-0.3, -0.25) is 0 Å². The first-order chi connectivity index (χ1) is 5.77. The van der Waals surface area contributed by atoms with Crippen LogP contribution < -0.4 is 0 Å². The summed E-state index contributed by atoms with van der Waals surface area (Å²) in [6.45, 7) is 5.91. The van der Waals surface area contributed by atoms with Gasteiger partial charge in [-0.25, -0.2) is 0 Å². The molecule has 4 unspecified atom stereocenters. The van der Waals surface area contributed by atoms with Crippen LogP contribution in [0.15, 0.2) is 0 Å². The third kappa shape index (κ3) is 2.04. The summed E-state index contributed by atoms with van der Waals surface area (Å²) in [5.41, 5.74) is 0. The van der Waals surface area contributed by atoms with Crippen molar-refractivity contribution in [2.45, 2.75) is 51.7 Å². The predicted molar refractivity (Wildman–Crippen MR) is 52.5 cm³/mol. The van der Waals surface area contributed by atoms with E-state index in [9.17, 15) is 20.4 Å². The van der Waals surface area contributed by atoms with E-state index in [1.54, 1.807) is 0 Å². The maximum atomic E-state index is 9.52. The van der Waals surface area contributed by atoms with Crippen LogP contribution in [0.5, 0.6) is 0 Å². The van der Waals surface area contributed by atoms with Crippen LogP contribution in [-0.2, 0) is 0 Å². The van der Waals surface area contributed by atoms with Gasteiger partial charge in [0.15, 0.2) is 0 Å². The van der Waals surface area contributed by atoms with Crippen molar-refractivity contribution in [2.75, 3.05) is 0 Å².